The van der Waals surface area contributed by atoms with Crippen molar-refractivity contribution in [1.29, 1.82) is 5.26 Å². The van der Waals surface area contributed by atoms with Crippen molar-refractivity contribution < 1.29 is 4.74 Å². The number of rotatable bonds is 6. The van der Waals surface area contributed by atoms with Crippen molar-refractivity contribution in [2.24, 2.45) is 5.10 Å². The molecule has 0 aliphatic carbocycles. The van der Waals surface area contributed by atoms with Gasteiger partial charge in [0.15, 0.2) is 0 Å². The highest BCUT2D eigenvalue weighted by atomic mass is 16.5. The molecule has 0 unspecified atom stereocenters. The van der Waals surface area contributed by atoms with Crippen molar-refractivity contribution in [3.8, 4) is 17.3 Å². The molecule has 0 amide bonds. The summed E-state index contributed by atoms with van der Waals surface area (Å²) in [5.41, 5.74) is 5.37. The van der Waals surface area contributed by atoms with Gasteiger partial charge >= 0.3 is 0 Å². The maximum atomic E-state index is 12.3. The average molecular weight is 414 g/mol. The van der Waals surface area contributed by atoms with E-state index in [9.17, 15) is 10.1 Å². The van der Waals surface area contributed by atoms with Crippen LogP contribution in [0.4, 0.5) is 5.95 Å². The van der Waals surface area contributed by atoms with E-state index in [0.29, 0.717) is 11.3 Å². The Bertz CT molecular complexity index is 1160. The minimum atomic E-state index is -0.512. The third kappa shape index (κ3) is 5.04. The third-order valence-corrected chi connectivity index (χ3v) is 5.01. The number of hydrazone groups is 1. The smallest absolute Gasteiger partial charge is 0.270 e. The second-order valence-corrected chi connectivity index (χ2v) is 7.07. The number of aromatic amines is 1. The number of morpholine rings is 1. The van der Waals surface area contributed by atoms with Gasteiger partial charge in [0, 0.05) is 25.2 Å². The lowest BCUT2D eigenvalue weighted by Gasteiger charge is -2.27. The summed E-state index contributed by atoms with van der Waals surface area (Å²) >= 11 is 0. The molecule has 4 rings (SSSR count). The van der Waals surface area contributed by atoms with Crippen molar-refractivity contribution in [3.63, 3.8) is 0 Å². The highest BCUT2D eigenvalue weighted by Crippen LogP contribution is 2.19. The average Bonchev–Trinajstić information content (AvgIpc) is 2.81. The fraction of sp³-hybridized carbons (Fsp3) is 0.217. The number of nitrogens with zero attached hydrogens (tertiary/aromatic N) is 4. The Morgan fingerprint density at radius 1 is 1.16 bits per heavy atom. The molecule has 1 saturated heterocycles. The van der Waals surface area contributed by atoms with Crippen LogP contribution in [0.15, 0.2) is 64.5 Å². The molecule has 0 atom stereocenters. The molecule has 1 aromatic heterocycles. The van der Waals surface area contributed by atoms with Crippen LogP contribution < -0.4 is 11.0 Å². The molecule has 2 heterocycles. The number of aromatic nitrogens is 2. The summed E-state index contributed by atoms with van der Waals surface area (Å²) < 4.78 is 5.42. The molecule has 8 heteroatoms. The first kappa shape index (κ1) is 20.5. The van der Waals surface area contributed by atoms with Gasteiger partial charge in [-0.25, -0.2) is 10.4 Å². The van der Waals surface area contributed by atoms with E-state index in [1.165, 1.54) is 0 Å². The fourth-order valence-corrected chi connectivity index (χ4v) is 3.40. The lowest BCUT2D eigenvalue weighted by molar-refractivity contribution is 0.0342. The molecule has 2 N–H and O–H groups in total. The normalized spacial score (nSPS) is 14.4. The predicted octanol–water partition coefficient (Wildman–Crippen LogP) is 2.59. The fourth-order valence-electron chi connectivity index (χ4n) is 3.40. The van der Waals surface area contributed by atoms with Gasteiger partial charge in [0.1, 0.15) is 11.6 Å². The van der Waals surface area contributed by atoms with Crippen molar-refractivity contribution in [3.05, 3.63) is 81.6 Å². The van der Waals surface area contributed by atoms with Gasteiger partial charge in [0.25, 0.3) is 5.56 Å². The molecule has 1 fully saturated rings. The van der Waals surface area contributed by atoms with Gasteiger partial charge in [-0.1, -0.05) is 54.6 Å². The maximum Gasteiger partial charge on any atom is 0.270 e. The number of hydrogen-bond donors (Lipinski definition) is 2. The highest BCUT2D eigenvalue weighted by Gasteiger charge is 2.14. The number of nitriles is 1. The topological polar surface area (TPSA) is 106 Å². The lowest BCUT2D eigenvalue weighted by Crippen LogP contribution is -2.35. The van der Waals surface area contributed by atoms with E-state index >= 15 is 0 Å². The Balaban J connectivity index is 1.54. The van der Waals surface area contributed by atoms with Crippen LogP contribution in [0.3, 0.4) is 0 Å². The molecule has 1 aliphatic rings. The SMILES string of the molecule is N#Cc1c(-c2ccccc2)nc(NN=Cc2ccccc2CN2CCOCC2)[nH]c1=O. The molecule has 0 radical (unpaired) electrons. The van der Waals surface area contributed by atoms with Crippen molar-refractivity contribution in [1.82, 2.24) is 14.9 Å². The second kappa shape index (κ2) is 9.80. The van der Waals surface area contributed by atoms with E-state index in [0.717, 1.165) is 44.0 Å². The van der Waals surface area contributed by atoms with Crippen LogP contribution in [-0.2, 0) is 11.3 Å². The van der Waals surface area contributed by atoms with E-state index in [1.807, 2.05) is 42.5 Å². The van der Waals surface area contributed by atoms with Crippen molar-refractivity contribution in [2.45, 2.75) is 6.54 Å². The molecule has 0 saturated carbocycles. The summed E-state index contributed by atoms with van der Waals surface area (Å²) in [6.45, 7) is 4.12. The number of hydrogen-bond acceptors (Lipinski definition) is 7. The van der Waals surface area contributed by atoms with Gasteiger partial charge in [-0.05, 0) is 11.1 Å². The third-order valence-electron chi connectivity index (χ3n) is 5.01. The second-order valence-electron chi connectivity index (χ2n) is 7.07. The van der Waals surface area contributed by atoms with Crippen LogP contribution in [0.1, 0.15) is 16.7 Å². The molecule has 1 aliphatic heterocycles. The first-order valence-electron chi connectivity index (χ1n) is 10.0. The number of anilines is 1. The zero-order valence-corrected chi connectivity index (χ0v) is 16.9. The standard InChI is InChI=1S/C23H22N6O2/c24-14-20-21(17-6-2-1-3-7-17)26-23(27-22(20)30)28-25-15-18-8-4-5-9-19(18)16-29-10-12-31-13-11-29/h1-9,15H,10-13,16H2,(H2,26,27,28,30). The minimum Gasteiger partial charge on any atom is -0.379 e. The number of benzene rings is 2. The Hall–Kier alpha value is -3.80. The van der Waals surface area contributed by atoms with Crippen LogP contribution in [0.25, 0.3) is 11.3 Å². The molecule has 31 heavy (non-hydrogen) atoms. The summed E-state index contributed by atoms with van der Waals surface area (Å²) in [6.07, 6.45) is 1.70. The molecule has 2 aromatic carbocycles. The van der Waals surface area contributed by atoms with Crippen LogP contribution in [0.2, 0.25) is 0 Å². The van der Waals surface area contributed by atoms with Gasteiger partial charge in [0.05, 0.1) is 25.1 Å². The van der Waals surface area contributed by atoms with Gasteiger partial charge in [-0.3, -0.25) is 14.7 Å². The molecular formula is C23H22N6O2. The monoisotopic (exact) mass is 414 g/mol. The zero-order chi connectivity index (χ0) is 21.5. The molecule has 156 valence electrons. The zero-order valence-electron chi connectivity index (χ0n) is 16.9. The van der Waals surface area contributed by atoms with E-state index in [-0.39, 0.29) is 11.5 Å². The summed E-state index contributed by atoms with van der Waals surface area (Å²) in [6, 6.07) is 19.1. The molecule has 0 bridgehead atoms. The van der Waals surface area contributed by atoms with Crippen molar-refractivity contribution >= 4 is 12.2 Å². The predicted molar refractivity (Wildman–Crippen MR) is 119 cm³/mol. The van der Waals surface area contributed by atoms with Gasteiger partial charge in [-0.15, -0.1) is 0 Å². The maximum absolute atomic E-state index is 12.3. The Morgan fingerprint density at radius 2 is 1.90 bits per heavy atom. The van der Waals surface area contributed by atoms with Crippen molar-refractivity contribution in [2.75, 3.05) is 31.7 Å². The summed E-state index contributed by atoms with van der Waals surface area (Å²) in [5.74, 6) is 0.171. The summed E-state index contributed by atoms with van der Waals surface area (Å²) in [7, 11) is 0. The van der Waals surface area contributed by atoms with E-state index in [2.05, 4.69) is 31.5 Å². The lowest BCUT2D eigenvalue weighted by atomic mass is 10.1. The van der Waals surface area contributed by atoms with Gasteiger partial charge in [-0.2, -0.15) is 10.4 Å². The van der Waals surface area contributed by atoms with Gasteiger partial charge < -0.3 is 4.74 Å². The van der Waals surface area contributed by atoms with Crippen LogP contribution >= 0.6 is 0 Å². The summed E-state index contributed by atoms with van der Waals surface area (Å²) in [5, 5.41) is 13.6. The van der Waals surface area contributed by atoms with E-state index in [1.54, 1.807) is 18.3 Å². The summed E-state index contributed by atoms with van der Waals surface area (Å²) in [4.78, 5) is 21.7. The number of H-pyrrole nitrogens is 1. The molecular weight excluding hydrogens is 392 g/mol. The Morgan fingerprint density at radius 3 is 2.68 bits per heavy atom. The minimum absolute atomic E-state index is 0.0309. The van der Waals surface area contributed by atoms with Crippen LogP contribution in [0, 0.1) is 11.3 Å². The first-order valence-corrected chi connectivity index (χ1v) is 10.0. The molecule has 0 spiro atoms. The van der Waals surface area contributed by atoms with Gasteiger partial charge in [0.2, 0.25) is 5.95 Å². The largest absolute Gasteiger partial charge is 0.379 e. The highest BCUT2D eigenvalue weighted by molar-refractivity contribution is 5.82. The van der Waals surface area contributed by atoms with Crippen LogP contribution in [-0.4, -0.2) is 47.4 Å². The number of ether oxygens (including phenoxy) is 1. The van der Waals surface area contributed by atoms with E-state index in [4.69, 9.17) is 4.74 Å². The first-order chi connectivity index (χ1) is 15.2. The van der Waals surface area contributed by atoms with Crippen LogP contribution in [0.5, 0.6) is 0 Å². The number of nitrogens with one attached hydrogen (secondary N) is 2. The molecule has 8 nitrogen and oxygen atoms in total. The quantitative estimate of drug-likeness (QED) is 0.474. The Kier molecular flexibility index (Phi) is 6.47. The molecule has 3 aromatic rings. The van der Waals surface area contributed by atoms with E-state index < -0.39 is 5.56 Å². The Labute approximate surface area is 179 Å².